The zero-order valence-corrected chi connectivity index (χ0v) is 22.3. The van der Waals surface area contributed by atoms with Crippen LogP contribution < -0.4 is 0 Å². The van der Waals surface area contributed by atoms with Gasteiger partial charge in [-0.1, -0.05) is 58.4 Å². The first-order chi connectivity index (χ1) is 16.2. The van der Waals surface area contributed by atoms with Crippen LogP contribution in [0.5, 0.6) is 0 Å². The van der Waals surface area contributed by atoms with Crippen molar-refractivity contribution in [2.24, 2.45) is 50.7 Å². The molecule has 0 heterocycles. The molecule has 5 aliphatic carbocycles. The van der Waals surface area contributed by atoms with E-state index in [1.165, 1.54) is 11.1 Å². The second-order valence-electron chi connectivity index (χ2n) is 14.1. The zero-order valence-electron chi connectivity index (χ0n) is 22.3. The van der Waals surface area contributed by atoms with Crippen LogP contribution in [-0.4, -0.2) is 45.2 Å². The fraction of sp³-hybridized carbons (Fsp3) is 0.833. The average molecular weight is 487 g/mol. The first-order valence-electron chi connectivity index (χ1n) is 13.8. The maximum absolute atomic E-state index is 12.8. The number of rotatable bonds is 2. The minimum absolute atomic E-state index is 0.00946. The highest BCUT2D eigenvalue weighted by atomic mass is 16.4. The van der Waals surface area contributed by atoms with E-state index in [4.69, 9.17) is 0 Å². The molecule has 5 nitrogen and oxygen atoms in total. The topological polar surface area (TPSA) is 98.0 Å². The fourth-order valence-corrected chi connectivity index (χ4v) is 10.7. The van der Waals surface area contributed by atoms with E-state index in [1.54, 1.807) is 0 Å². The molecule has 5 heteroatoms. The summed E-state index contributed by atoms with van der Waals surface area (Å²) in [6.45, 7) is 15.5. The summed E-state index contributed by atoms with van der Waals surface area (Å²) in [6, 6.07) is 0. The van der Waals surface area contributed by atoms with Gasteiger partial charge in [0.2, 0.25) is 0 Å². The summed E-state index contributed by atoms with van der Waals surface area (Å²) >= 11 is 0. The van der Waals surface area contributed by atoms with Crippen molar-refractivity contribution in [3.05, 3.63) is 23.8 Å². The maximum atomic E-state index is 12.8. The van der Waals surface area contributed by atoms with Crippen LogP contribution in [0, 0.1) is 50.7 Å². The molecule has 0 amide bonds. The van der Waals surface area contributed by atoms with Crippen LogP contribution >= 0.6 is 0 Å². The maximum Gasteiger partial charge on any atom is 0.310 e. The van der Waals surface area contributed by atoms with E-state index in [9.17, 15) is 25.2 Å². The number of aliphatic hydroxyl groups is 3. The van der Waals surface area contributed by atoms with Gasteiger partial charge in [-0.15, -0.1) is 0 Å². The van der Waals surface area contributed by atoms with Crippen LogP contribution in [0.25, 0.3) is 0 Å². The molecule has 0 aromatic carbocycles. The van der Waals surface area contributed by atoms with E-state index in [0.717, 1.165) is 32.1 Å². The Kier molecular flexibility index (Phi) is 5.59. The van der Waals surface area contributed by atoms with E-state index in [1.807, 2.05) is 6.92 Å². The van der Waals surface area contributed by atoms with Crippen molar-refractivity contribution < 1.29 is 25.2 Å². The fourth-order valence-electron chi connectivity index (χ4n) is 10.7. The number of fused-ring (bicyclic) bond motifs is 7. The molecule has 11 atom stereocenters. The first kappa shape index (κ1) is 25.5. The van der Waals surface area contributed by atoms with Crippen LogP contribution in [-0.2, 0) is 4.79 Å². The van der Waals surface area contributed by atoms with Gasteiger partial charge in [-0.2, -0.15) is 0 Å². The molecule has 0 aromatic heterocycles. The Hall–Kier alpha value is -1.17. The van der Waals surface area contributed by atoms with Gasteiger partial charge < -0.3 is 20.4 Å². The highest BCUT2D eigenvalue weighted by molar-refractivity contribution is 5.77. The van der Waals surface area contributed by atoms with E-state index in [0.29, 0.717) is 25.2 Å². The summed E-state index contributed by atoms with van der Waals surface area (Å²) in [5, 5.41) is 42.8. The van der Waals surface area contributed by atoms with Crippen molar-refractivity contribution in [2.75, 3.05) is 6.61 Å². The van der Waals surface area contributed by atoms with E-state index in [-0.39, 0.29) is 40.6 Å². The predicted molar refractivity (Wildman–Crippen MR) is 135 cm³/mol. The second-order valence-corrected chi connectivity index (χ2v) is 14.1. The minimum atomic E-state index is -0.917. The lowest BCUT2D eigenvalue weighted by atomic mass is 9.33. The molecule has 5 aliphatic rings. The summed E-state index contributed by atoms with van der Waals surface area (Å²) < 4.78 is 0. The van der Waals surface area contributed by atoms with Crippen LogP contribution in [0.15, 0.2) is 23.8 Å². The van der Waals surface area contributed by atoms with Gasteiger partial charge in [-0.05, 0) is 85.4 Å². The average Bonchev–Trinajstić information content (AvgIpc) is 2.80. The molecular formula is C30H46O5. The Morgan fingerprint density at radius 1 is 1.09 bits per heavy atom. The number of carboxylic acid groups (broad SMARTS) is 1. The van der Waals surface area contributed by atoms with Gasteiger partial charge in [0.1, 0.15) is 0 Å². The summed E-state index contributed by atoms with van der Waals surface area (Å²) in [6.07, 6.45) is 7.00. The van der Waals surface area contributed by atoms with Gasteiger partial charge in [0, 0.05) is 11.3 Å². The third kappa shape index (κ3) is 2.89. The largest absolute Gasteiger partial charge is 0.481 e. The summed E-state index contributed by atoms with van der Waals surface area (Å²) in [5.41, 5.74) is 0.748. The highest BCUT2D eigenvalue weighted by Gasteiger charge is 2.70. The number of allylic oxidation sites excluding steroid dienone is 3. The Bertz CT molecular complexity index is 972. The summed E-state index contributed by atoms with van der Waals surface area (Å²) in [5.74, 6) is -0.0668. The standard InChI is InChI=1S/C30H46O5/c1-17-9-12-30(25(34)35)14-13-28(5)19(23(30)18(17)2)7-8-22-26(3)15-20(32)24(33)27(4,16-31)21(26)10-11-29(22,28)6/h7,18,20-24,31-33H,1,8-16H2,2-6H3,(H,34,35)/t18-,20+,21?,22+,23-,24-,26-,27?,28+,29+,30-/m0/s1. The number of aliphatic carboxylic acids is 1. The van der Waals surface area contributed by atoms with E-state index < -0.39 is 29.0 Å². The first-order valence-corrected chi connectivity index (χ1v) is 13.8. The molecule has 0 bridgehead atoms. The Balaban J connectivity index is 1.63. The minimum Gasteiger partial charge on any atom is -0.481 e. The zero-order chi connectivity index (χ0) is 25.8. The molecule has 4 saturated carbocycles. The van der Waals surface area contributed by atoms with Crippen molar-refractivity contribution >= 4 is 5.97 Å². The van der Waals surface area contributed by atoms with Crippen LogP contribution in [0.4, 0.5) is 0 Å². The molecule has 0 spiro atoms. The number of hydrogen-bond donors (Lipinski definition) is 4. The molecule has 35 heavy (non-hydrogen) atoms. The monoisotopic (exact) mass is 486 g/mol. The number of aliphatic hydroxyl groups excluding tert-OH is 3. The normalized spacial score (nSPS) is 55.7. The molecule has 0 aromatic rings. The van der Waals surface area contributed by atoms with Gasteiger partial charge in [-0.25, -0.2) is 0 Å². The number of hydrogen-bond acceptors (Lipinski definition) is 4. The van der Waals surface area contributed by atoms with Crippen LogP contribution in [0.1, 0.15) is 86.0 Å². The third-order valence-electron chi connectivity index (χ3n) is 13.1. The van der Waals surface area contributed by atoms with Crippen molar-refractivity contribution in [2.45, 2.75) is 98.2 Å². The Morgan fingerprint density at radius 3 is 2.40 bits per heavy atom. The van der Waals surface area contributed by atoms with Gasteiger partial charge >= 0.3 is 5.97 Å². The molecule has 4 fully saturated rings. The molecule has 0 radical (unpaired) electrons. The lowest BCUT2D eigenvalue weighted by molar-refractivity contribution is -0.243. The van der Waals surface area contributed by atoms with Crippen LogP contribution in [0.2, 0.25) is 0 Å². The van der Waals surface area contributed by atoms with Crippen molar-refractivity contribution in [1.82, 2.24) is 0 Å². The molecule has 196 valence electrons. The van der Waals surface area contributed by atoms with Gasteiger partial charge in [0.25, 0.3) is 0 Å². The van der Waals surface area contributed by atoms with Crippen molar-refractivity contribution in [3.8, 4) is 0 Å². The second kappa shape index (κ2) is 7.68. The van der Waals surface area contributed by atoms with Gasteiger partial charge in [0.05, 0.1) is 24.2 Å². The van der Waals surface area contributed by atoms with Gasteiger partial charge in [0.15, 0.2) is 0 Å². The number of carbonyl (C=O) groups is 1. The smallest absolute Gasteiger partial charge is 0.310 e. The lowest BCUT2D eigenvalue weighted by Crippen LogP contribution is -2.68. The quantitative estimate of drug-likeness (QED) is 0.414. The van der Waals surface area contributed by atoms with Crippen LogP contribution in [0.3, 0.4) is 0 Å². The molecule has 0 aliphatic heterocycles. The van der Waals surface area contributed by atoms with E-state index >= 15 is 0 Å². The van der Waals surface area contributed by atoms with Crippen molar-refractivity contribution in [3.63, 3.8) is 0 Å². The predicted octanol–water partition coefficient (Wildman–Crippen LogP) is 4.95. The molecular weight excluding hydrogens is 440 g/mol. The Labute approximate surface area is 210 Å². The third-order valence-corrected chi connectivity index (χ3v) is 13.1. The summed E-state index contributed by atoms with van der Waals surface area (Å²) in [7, 11) is 0. The Morgan fingerprint density at radius 2 is 1.77 bits per heavy atom. The van der Waals surface area contributed by atoms with E-state index in [2.05, 4.69) is 40.3 Å². The summed E-state index contributed by atoms with van der Waals surface area (Å²) in [4.78, 5) is 12.8. The SMILES string of the molecule is C=C1CC[C@]2(C(=O)O)CC[C@]3(C)C(=CC[C@@H]4[C@@]5(C)C[C@@H](O)[C@H](O)C(C)(CO)C5CC[C@]43C)[C@@H]2[C@H]1C. The molecule has 4 N–H and O–H groups in total. The molecule has 2 unspecified atom stereocenters. The molecule has 5 rings (SSSR count). The molecule has 0 saturated heterocycles. The highest BCUT2D eigenvalue weighted by Crippen LogP contribution is 2.75. The van der Waals surface area contributed by atoms with Crippen molar-refractivity contribution in [1.29, 1.82) is 0 Å². The number of carboxylic acids is 1. The van der Waals surface area contributed by atoms with Gasteiger partial charge in [-0.3, -0.25) is 4.79 Å². The lowest BCUT2D eigenvalue weighted by Gasteiger charge is -2.71.